The van der Waals surface area contributed by atoms with Gasteiger partial charge in [0.25, 0.3) is 0 Å². The van der Waals surface area contributed by atoms with Gasteiger partial charge >= 0.3 is 0 Å². The van der Waals surface area contributed by atoms with E-state index in [-0.39, 0.29) is 0 Å². The first kappa shape index (κ1) is 16.1. The molecule has 0 bridgehead atoms. The van der Waals surface area contributed by atoms with Crippen molar-refractivity contribution in [3.05, 3.63) is 64.1 Å². The molecule has 0 heterocycles. The second kappa shape index (κ2) is 8.20. The normalized spacial score (nSPS) is 12.1. The standard InChI is InChI=1S/C18H22BrNO/c1-3-11-21-18-10-9-15(12-17(18)19)13-20-14(2)16-7-5-4-6-8-16/h4-10,12,14,20H,3,11,13H2,1-2H3/t14-/m1/s1. The molecule has 2 nitrogen and oxygen atoms in total. The van der Waals surface area contributed by atoms with Gasteiger partial charge in [0.15, 0.2) is 0 Å². The molecule has 3 heteroatoms. The van der Waals surface area contributed by atoms with E-state index < -0.39 is 0 Å². The summed E-state index contributed by atoms with van der Waals surface area (Å²) in [6.45, 7) is 5.88. The molecule has 0 aliphatic heterocycles. The molecule has 2 aromatic carbocycles. The maximum absolute atomic E-state index is 5.67. The smallest absolute Gasteiger partial charge is 0.133 e. The summed E-state index contributed by atoms with van der Waals surface area (Å²) < 4.78 is 6.68. The van der Waals surface area contributed by atoms with Gasteiger partial charge in [-0.15, -0.1) is 0 Å². The molecule has 0 saturated heterocycles. The Bertz CT molecular complexity index is 556. The molecule has 0 radical (unpaired) electrons. The minimum atomic E-state index is 0.334. The number of nitrogens with one attached hydrogen (secondary N) is 1. The summed E-state index contributed by atoms with van der Waals surface area (Å²) in [7, 11) is 0. The molecular weight excluding hydrogens is 326 g/mol. The summed E-state index contributed by atoms with van der Waals surface area (Å²) in [4.78, 5) is 0. The number of hydrogen-bond donors (Lipinski definition) is 1. The topological polar surface area (TPSA) is 21.3 Å². The number of halogens is 1. The molecular formula is C18H22BrNO. The molecule has 0 fully saturated rings. The van der Waals surface area contributed by atoms with E-state index in [4.69, 9.17) is 4.74 Å². The molecule has 0 aliphatic carbocycles. The van der Waals surface area contributed by atoms with Gasteiger partial charge in [-0.2, -0.15) is 0 Å². The first-order valence-electron chi connectivity index (χ1n) is 7.40. The van der Waals surface area contributed by atoms with Gasteiger partial charge in [0, 0.05) is 12.6 Å². The molecule has 1 atom stereocenters. The lowest BCUT2D eigenvalue weighted by Gasteiger charge is -2.15. The fraction of sp³-hybridized carbons (Fsp3) is 0.333. The molecule has 21 heavy (non-hydrogen) atoms. The minimum absolute atomic E-state index is 0.334. The Kier molecular flexibility index (Phi) is 6.27. The van der Waals surface area contributed by atoms with Crippen LogP contribution in [0.5, 0.6) is 5.75 Å². The molecule has 0 spiro atoms. The van der Waals surface area contributed by atoms with E-state index in [9.17, 15) is 0 Å². The van der Waals surface area contributed by atoms with Crippen molar-refractivity contribution in [1.82, 2.24) is 5.32 Å². The summed E-state index contributed by atoms with van der Waals surface area (Å²) in [5.41, 5.74) is 2.55. The van der Waals surface area contributed by atoms with Crippen LogP contribution in [0.4, 0.5) is 0 Å². The van der Waals surface area contributed by atoms with Gasteiger partial charge in [0.1, 0.15) is 5.75 Å². The van der Waals surface area contributed by atoms with Crippen molar-refractivity contribution in [2.24, 2.45) is 0 Å². The summed E-state index contributed by atoms with van der Waals surface area (Å²) in [5, 5.41) is 3.54. The molecule has 0 aromatic heterocycles. The Hall–Kier alpha value is -1.32. The van der Waals surface area contributed by atoms with Gasteiger partial charge in [0.2, 0.25) is 0 Å². The Morgan fingerprint density at radius 1 is 1.14 bits per heavy atom. The van der Waals surface area contributed by atoms with Crippen molar-refractivity contribution >= 4 is 15.9 Å². The second-order valence-corrected chi connectivity index (χ2v) is 5.98. The number of rotatable bonds is 7. The van der Waals surface area contributed by atoms with Crippen LogP contribution in [0.1, 0.15) is 37.4 Å². The summed E-state index contributed by atoms with van der Waals surface area (Å²) in [6.07, 6.45) is 1.02. The molecule has 112 valence electrons. The second-order valence-electron chi connectivity index (χ2n) is 5.13. The largest absolute Gasteiger partial charge is 0.492 e. The van der Waals surface area contributed by atoms with Crippen LogP contribution < -0.4 is 10.1 Å². The minimum Gasteiger partial charge on any atom is -0.492 e. The van der Waals surface area contributed by atoms with Crippen molar-refractivity contribution in [2.75, 3.05) is 6.61 Å². The molecule has 0 amide bonds. The Morgan fingerprint density at radius 2 is 1.90 bits per heavy atom. The van der Waals surface area contributed by atoms with Crippen LogP contribution in [0.2, 0.25) is 0 Å². The quantitative estimate of drug-likeness (QED) is 0.753. The van der Waals surface area contributed by atoms with Gasteiger partial charge in [0.05, 0.1) is 11.1 Å². The van der Waals surface area contributed by atoms with Gasteiger partial charge in [-0.1, -0.05) is 43.3 Å². The van der Waals surface area contributed by atoms with Crippen molar-refractivity contribution in [1.29, 1.82) is 0 Å². The van der Waals surface area contributed by atoms with Crippen molar-refractivity contribution in [3.8, 4) is 5.75 Å². The summed E-state index contributed by atoms with van der Waals surface area (Å²) in [5.74, 6) is 0.914. The predicted molar refractivity (Wildman–Crippen MR) is 91.6 cm³/mol. The average Bonchev–Trinajstić information content (AvgIpc) is 2.52. The van der Waals surface area contributed by atoms with Gasteiger partial charge in [-0.25, -0.2) is 0 Å². The zero-order chi connectivity index (χ0) is 15.1. The lowest BCUT2D eigenvalue weighted by Crippen LogP contribution is -2.18. The van der Waals surface area contributed by atoms with Crippen LogP contribution in [0, 0.1) is 0 Å². The third-order valence-corrected chi connectivity index (χ3v) is 3.99. The highest BCUT2D eigenvalue weighted by atomic mass is 79.9. The van der Waals surface area contributed by atoms with Crippen LogP contribution >= 0.6 is 15.9 Å². The van der Waals surface area contributed by atoms with Gasteiger partial charge < -0.3 is 10.1 Å². The zero-order valence-electron chi connectivity index (χ0n) is 12.6. The average molecular weight is 348 g/mol. The third-order valence-electron chi connectivity index (χ3n) is 3.37. The van der Waals surface area contributed by atoms with E-state index in [1.54, 1.807) is 0 Å². The Labute approximate surface area is 135 Å². The SMILES string of the molecule is CCCOc1ccc(CN[C@H](C)c2ccccc2)cc1Br. The van der Waals surface area contributed by atoms with Gasteiger partial charge in [-0.05, 0) is 52.5 Å². The molecule has 0 saturated carbocycles. The molecule has 0 unspecified atom stereocenters. The molecule has 0 aliphatic rings. The number of ether oxygens (including phenoxy) is 1. The Balaban J connectivity index is 1.93. The van der Waals surface area contributed by atoms with Crippen LogP contribution in [0.15, 0.2) is 53.0 Å². The monoisotopic (exact) mass is 347 g/mol. The molecule has 2 aromatic rings. The van der Waals surface area contributed by atoms with Crippen molar-refractivity contribution < 1.29 is 4.74 Å². The van der Waals surface area contributed by atoms with E-state index >= 15 is 0 Å². The number of hydrogen-bond acceptors (Lipinski definition) is 2. The van der Waals surface area contributed by atoms with E-state index in [1.807, 2.05) is 12.1 Å². The highest BCUT2D eigenvalue weighted by Gasteiger charge is 2.06. The van der Waals surface area contributed by atoms with Crippen molar-refractivity contribution in [2.45, 2.75) is 32.9 Å². The first-order valence-corrected chi connectivity index (χ1v) is 8.19. The van der Waals surface area contributed by atoms with E-state index in [0.717, 1.165) is 29.8 Å². The number of benzene rings is 2. The van der Waals surface area contributed by atoms with Crippen LogP contribution in [-0.4, -0.2) is 6.61 Å². The van der Waals surface area contributed by atoms with Crippen LogP contribution in [-0.2, 0) is 6.54 Å². The maximum atomic E-state index is 5.67. The fourth-order valence-electron chi connectivity index (χ4n) is 2.11. The predicted octanol–water partition coefficient (Wildman–Crippen LogP) is 5.09. The molecule has 1 N–H and O–H groups in total. The van der Waals surface area contributed by atoms with E-state index in [2.05, 4.69) is 71.5 Å². The lowest BCUT2D eigenvalue weighted by atomic mass is 10.1. The third kappa shape index (κ3) is 4.87. The fourth-order valence-corrected chi connectivity index (χ4v) is 2.65. The van der Waals surface area contributed by atoms with Crippen LogP contribution in [0.25, 0.3) is 0 Å². The van der Waals surface area contributed by atoms with Crippen molar-refractivity contribution in [3.63, 3.8) is 0 Å². The van der Waals surface area contributed by atoms with Crippen LogP contribution in [0.3, 0.4) is 0 Å². The van der Waals surface area contributed by atoms with E-state index in [1.165, 1.54) is 11.1 Å². The first-order chi connectivity index (χ1) is 10.2. The Morgan fingerprint density at radius 3 is 2.57 bits per heavy atom. The maximum Gasteiger partial charge on any atom is 0.133 e. The van der Waals surface area contributed by atoms with E-state index in [0.29, 0.717) is 6.04 Å². The summed E-state index contributed by atoms with van der Waals surface area (Å²) in [6, 6.07) is 17.1. The summed E-state index contributed by atoms with van der Waals surface area (Å²) >= 11 is 3.58. The highest BCUT2D eigenvalue weighted by Crippen LogP contribution is 2.26. The molecule has 2 rings (SSSR count). The lowest BCUT2D eigenvalue weighted by molar-refractivity contribution is 0.315. The zero-order valence-corrected chi connectivity index (χ0v) is 14.2. The van der Waals surface area contributed by atoms with Gasteiger partial charge in [-0.3, -0.25) is 0 Å². The highest BCUT2D eigenvalue weighted by molar-refractivity contribution is 9.10.